The Kier molecular flexibility index (Phi) is 7.52. The highest BCUT2D eigenvalue weighted by atomic mass is 15.0. The molecule has 0 saturated carbocycles. The maximum Gasteiger partial charge on any atom is 0.160 e. The van der Waals surface area contributed by atoms with Gasteiger partial charge in [0.05, 0.1) is 27.8 Å². The summed E-state index contributed by atoms with van der Waals surface area (Å²) in [4.78, 5) is 10.5. The standard InChI is InChI=1S/C59H37N3/c1-2-16-39(17-3-1)58-60-53(38-32-34-42(35-33-38)62-55-30-12-7-22-46(55)47-23-8-13-31-56(47)62)37-54(61-58)41-19-14-18-40(36-41)43-25-15-29-52-57(43)48-24-6-11-28-51(48)59(52)49-26-9-4-20-44(49)45-21-5-10-27-50(45)59/h1-37H. The molecule has 2 aromatic heterocycles. The van der Waals surface area contributed by atoms with E-state index in [9.17, 15) is 0 Å². The maximum atomic E-state index is 5.26. The van der Waals surface area contributed by atoms with Crippen molar-refractivity contribution >= 4 is 21.8 Å². The van der Waals surface area contributed by atoms with Crippen LogP contribution in [0.5, 0.6) is 0 Å². The van der Waals surface area contributed by atoms with Gasteiger partial charge in [-0.25, -0.2) is 9.97 Å². The fraction of sp³-hybridized carbons (Fsp3) is 0.0169. The molecule has 9 aromatic carbocycles. The lowest BCUT2D eigenvalue weighted by molar-refractivity contribution is 0.794. The summed E-state index contributed by atoms with van der Waals surface area (Å²) in [5.74, 6) is 0.699. The van der Waals surface area contributed by atoms with E-state index in [4.69, 9.17) is 9.97 Å². The molecule has 3 heteroatoms. The second-order valence-corrected chi connectivity index (χ2v) is 16.4. The highest BCUT2D eigenvalue weighted by Crippen LogP contribution is 2.64. The van der Waals surface area contributed by atoms with Crippen LogP contribution in [0.2, 0.25) is 0 Å². The molecule has 0 amide bonds. The predicted octanol–water partition coefficient (Wildman–Crippen LogP) is 14.6. The third-order valence-corrected chi connectivity index (χ3v) is 13.3. The quantitative estimate of drug-likeness (QED) is 0.174. The average Bonchev–Trinajstić information content (AvgIpc) is 3.96. The van der Waals surface area contributed by atoms with Gasteiger partial charge in [-0.1, -0.05) is 188 Å². The number of benzene rings is 9. The van der Waals surface area contributed by atoms with Crippen LogP contribution in [0.1, 0.15) is 22.3 Å². The van der Waals surface area contributed by atoms with E-state index in [0.29, 0.717) is 5.82 Å². The molecule has 2 aliphatic rings. The summed E-state index contributed by atoms with van der Waals surface area (Å²) in [6.07, 6.45) is 0. The number of nitrogens with zero attached hydrogens (tertiary/aromatic N) is 3. The Morgan fingerprint density at radius 2 is 0.806 bits per heavy atom. The van der Waals surface area contributed by atoms with E-state index in [1.807, 2.05) is 18.2 Å². The van der Waals surface area contributed by atoms with Gasteiger partial charge in [0.15, 0.2) is 5.82 Å². The first-order valence-electron chi connectivity index (χ1n) is 21.3. The van der Waals surface area contributed by atoms with E-state index in [0.717, 1.165) is 39.3 Å². The zero-order valence-corrected chi connectivity index (χ0v) is 33.7. The number of hydrogen-bond donors (Lipinski definition) is 0. The van der Waals surface area contributed by atoms with Crippen LogP contribution in [0, 0.1) is 0 Å². The molecule has 2 heterocycles. The molecule has 1 spiro atoms. The normalized spacial score (nSPS) is 13.0. The van der Waals surface area contributed by atoms with Crippen molar-refractivity contribution in [3.8, 4) is 73.0 Å². The largest absolute Gasteiger partial charge is 0.309 e. The lowest BCUT2D eigenvalue weighted by atomic mass is 9.70. The molecule has 0 fully saturated rings. The molecule has 0 N–H and O–H groups in total. The van der Waals surface area contributed by atoms with Gasteiger partial charge in [0.25, 0.3) is 0 Å². The van der Waals surface area contributed by atoms with Crippen LogP contribution in [0.3, 0.4) is 0 Å². The van der Waals surface area contributed by atoms with Crippen LogP contribution in [-0.4, -0.2) is 14.5 Å². The van der Waals surface area contributed by atoms with Gasteiger partial charge in [-0.15, -0.1) is 0 Å². The number of para-hydroxylation sites is 2. The third kappa shape index (κ3) is 4.94. The second kappa shape index (κ2) is 13.4. The number of rotatable bonds is 5. The van der Waals surface area contributed by atoms with Crippen LogP contribution >= 0.6 is 0 Å². The Bertz CT molecular complexity index is 3480. The summed E-state index contributed by atoms with van der Waals surface area (Å²) < 4.78 is 2.35. The molecule has 0 bridgehead atoms. The van der Waals surface area contributed by atoms with Crippen LogP contribution < -0.4 is 0 Å². The molecule has 11 aromatic rings. The Labute approximate surface area is 359 Å². The highest BCUT2D eigenvalue weighted by Gasteiger charge is 2.51. The van der Waals surface area contributed by atoms with Crippen molar-refractivity contribution in [2.75, 3.05) is 0 Å². The third-order valence-electron chi connectivity index (χ3n) is 13.3. The summed E-state index contributed by atoms with van der Waals surface area (Å²) in [7, 11) is 0. The molecule has 0 radical (unpaired) electrons. The fourth-order valence-electron chi connectivity index (χ4n) is 10.7. The van der Waals surface area contributed by atoms with E-state index in [-0.39, 0.29) is 0 Å². The predicted molar refractivity (Wildman–Crippen MR) is 254 cm³/mol. The van der Waals surface area contributed by atoms with Crippen LogP contribution in [-0.2, 0) is 5.41 Å². The maximum absolute atomic E-state index is 5.26. The van der Waals surface area contributed by atoms with Crippen LogP contribution in [0.4, 0.5) is 0 Å². The van der Waals surface area contributed by atoms with Crippen molar-refractivity contribution in [2.45, 2.75) is 5.41 Å². The molecular weight excluding hydrogens is 751 g/mol. The lowest BCUT2D eigenvalue weighted by Crippen LogP contribution is -2.25. The molecule has 62 heavy (non-hydrogen) atoms. The van der Waals surface area contributed by atoms with Gasteiger partial charge in [-0.05, 0) is 92.0 Å². The summed E-state index contributed by atoms with van der Waals surface area (Å²) >= 11 is 0. The first-order valence-corrected chi connectivity index (χ1v) is 21.3. The van der Waals surface area contributed by atoms with Crippen molar-refractivity contribution in [3.63, 3.8) is 0 Å². The molecule has 2 aliphatic carbocycles. The first-order chi connectivity index (χ1) is 30.8. The van der Waals surface area contributed by atoms with Crippen molar-refractivity contribution in [1.29, 1.82) is 0 Å². The summed E-state index contributed by atoms with van der Waals surface area (Å²) in [5.41, 5.74) is 20.9. The van der Waals surface area contributed by atoms with E-state index in [1.165, 1.54) is 71.9 Å². The minimum atomic E-state index is -0.393. The summed E-state index contributed by atoms with van der Waals surface area (Å²) in [6.45, 7) is 0. The molecular formula is C59H37N3. The molecule has 3 nitrogen and oxygen atoms in total. The van der Waals surface area contributed by atoms with Gasteiger partial charge in [-0.3, -0.25) is 0 Å². The van der Waals surface area contributed by atoms with Gasteiger partial charge in [0.2, 0.25) is 0 Å². The Morgan fingerprint density at radius 3 is 1.48 bits per heavy atom. The van der Waals surface area contributed by atoms with E-state index >= 15 is 0 Å². The smallest absolute Gasteiger partial charge is 0.160 e. The van der Waals surface area contributed by atoms with E-state index in [1.54, 1.807) is 0 Å². The average molecular weight is 788 g/mol. The second-order valence-electron chi connectivity index (χ2n) is 16.4. The highest BCUT2D eigenvalue weighted by molar-refractivity contribution is 6.09. The number of fused-ring (bicyclic) bond motifs is 13. The Hall–Kier alpha value is -8.14. The van der Waals surface area contributed by atoms with Crippen molar-refractivity contribution < 1.29 is 0 Å². The Morgan fingerprint density at radius 1 is 0.323 bits per heavy atom. The summed E-state index contributed by atoms with van der Waals surface area (Å²) in [5, 5.41) is 2.50. The van der Waals surface area contributed by atoms with Crippen LogP contribution in [0.25, 0.3) is 94.8 Å². The monoisotopic (exact) mass is 787 g/mol. The molecule has 288 valence electrons. The van der Waals surface area contributed by atoms with E-state index in [2.05, 4.69) is 211 Å². The topological polar surface area (TPSA) is 30.7 Å². The van der Waals surface area contributed by atoms with Gasteiger partial charge >= 0.3 is 0 Å². The summed E-state index contributed by atoms with van der Waals surface area (Å²) in [6, 6.07) is 81.4. The lowest BCUT2D eigenvalue weighted by Gasteiger charge is -2.30. The van der Waals surface area contributed by atoms with E-state index < -0.39 is 5.41 Å². The van der Waals surface area contributed by atoms with Gasteiger partial charge < -0.3 is 4.57 Å². The minimum Gasteiger partial charge on any atom is -0.309 e. The van der Waals surface area contributed by atoms with Gasteiger partial charge in [-0.2, -0.15) is 0 Å². The SMILES string of the molecule is c1ccc(-c2nc(-c3ccc(-n4c5ccccc5c5ccccc54)cc3)cc(-c3cccc(-c4cccc5c4-c4ccccc4C54c5ccccc5-c5ccccc54)c3)n2)cc1. The van der Waals surface area contributed by atoms with Crippen molar-refractivity contribution in [3.05, 3.63) is 247 Å². The first kappa shape index (κ1) is 34.7. The van der Waals surface area contributed by atoms with Crippen LogP contribution in [0.15, 0.2) is 224 Å². The van der Waals surface area contributed by atoms with Crippen molar-refractivity contribution in [1.82, 2.24) is 14.5 Å². The van der Waals surface area contributed by atoms with Crippen molar-refractivity contribution in [2.24, 2.45) is 0 Å². The zero-order chi connectivity index (χ0) is 40.8. The Balaban J connectivity index is 0.954. The minimum absolute atomic E-state index is 0.393. The molecule has 0 aliphatic heterocycles. The van der Waals surface area contributed by atoms with Gasteiger partial charge in [0.1, 0.15) is 0 Å². The number of aromatic nitrogens is 3. The molecule has 0 atom stereocenters. The molecule has 0 saturated heterocycles. The molecule has 13 rings (SSSR count). The van der Waals surface area contributed by atoms with Gasteiger partial charge in [0, 0.05) is 33.2 Å². The molecule has 0 unspecified atom stereocenters. The number of hydrogen-bond acceptors (Lipinski definition) is 2. The fourth-order valence-corrected chi connectivity index (χ4v) is 10.7. The zero-order valence-electron chi connectivity index (χ0n) is 33.7.